The predicted octanol–water partition coefficient (Wildman–Crippen LogP) is 2.37. The molecule has 0 unspecified atom stereocenters. The van der Waals surface area contributed by atoms with Crippen LogP contribution >= 0.6 is 11.6 Å². The lowest BCUT2D eigenvalue weighted by molar-refractivity contribution is -0.134. The minimum absolute atomic E-state index is 0.0490. The molecule has 1 aliphatic rings. The van der Waals surface area contributed by atoms with Crippen molar-refractivity contribution in [3.63, 3.8) is 0 Å². The molecule has 0 bridgehead atoms. The smallest absolute Gasteiger partial charge is 0.405 e. The largest absolute Gasteiger partial charge is 0.490 e. The van der Waals surface area contributed by atoms with Crippen LogP contribution in [0.2, 0.25) is 5.02 Å². The third kappa shape index (κ3) is 4.53. The number of carbonyl (C=O) groups is 2. The van der Waals surface area contributed by atoms with Crippen molar-refractivity contribution in [3.05, 3.63) is 29.3 Å². The topological polar surface area (TPSA) is 78.9 Å². The number of benzene rings is 1. The average molecular weight is 327 g/mol. The van der Waals surface area contributed by atoms with Gasteiger partial charge in [0.15, 0.2) is 0 Å². The lowest BCUT2D eigenvalue weighted by Gasteiger charge is -2.33. The average Bonchev–Trinajstić information content (AvgIpc) is 2.49. The molecule has 1 fully saturated rings. The van der Waals surface area contributed by atoms with Gasteiger partial charge in [-0.15, -0.1) is 0 Å². The number of rotatable bonds is 4. The van der Waals surface area contributed by atoms with Crippen LogP contribution in [0.15, 0.2) is 24.3 Å². The van der Waals surface area contributed by atoms with Gasteiger partial charge in [0.1, 0.15) is 17.9 Å². The molecule has 1 saturated heterocycles. The number of ether oxygens (including phenoxy) is 1. The molecule has 1 aromatic rings. The van der Waals surface area contributed by atoms with E-state index in [9.17, 15) is 9.59 Å². The first-order valence-electron chi connectivity index (χ1n) is 7.16. The van der Waals surface area contributed by atoms with Crippen molar-refractivity contribution in [1.29, 1.82) is 0 Å². The van der Waals surface area contributed by atoms with Crippen LogP contribution in [0.3, 0.4) is 0 Å². The summed E-state index contributed by atoms with van der Waals surface area (Å²) in [7, 11) is 0. The second-order valence-electron chi connectivity index (χ2n) is 5.27. The van der Waals surface area contributed by atoms with E-state index in [1.165, 1.54) is 0 Å². The normalized spacial score (nSPS) is 16.9. The second-order valence-corrected chi connectivity index (χ2v) is 5.70. The van der Waals surface area contributed by atoms with E-state index in [0.717, 1.165) is 5.75 Å². The van der Waals surface area contributed by atoms with Crippen LogP contribution in [-0.2, 0) is 4.79 Å². The lowest BCUT2D eigenvalue weighted by atomic mass is 10.1. The van der Waals surface area contributed by atoms with Crippen molar-refractivity contribution in [2.45, 2.75) is 31.9 Å². The zero-order valence-electron chi connectivity index (χ0n) is 12.3. The molecule has 0 aliphatic carbocycles. The van der Waals surface area contributed by atoms with E-state index in [4.69, 9.17) is 21.4 Å². The molecule has 0 radical (unpaired) electrons. The molecule has 1 heterocycles. The highest BCUT2D eigenvalue weighted by molar-refractivity contribution is 6.30. The molecule has 2 rings (SSSR count). The Morgan fingerprint density at radius 1 is 1.32 bits per heavy atom. The summed E-state index contributed by atoms with van der Waals surface area (Å²) in [5, 5.41) is 11.5. The molecule has 6 nitrogen and oxygen atoms in total. The molecule has 0 aromatic heterocycles. The molecule has 1 aromatic carbocycles. The van der Waals surface area contributed by atoms with Crippen molar-refractivity contribution in [2.75, 3.05) is 13.1 Å². The Hall–Kier alpha value is -1.95. The van der Waals surface area contributed by atoms with Crippen LogP contribution in [0, 0.1) is 0 Å². The molecule has 1 atom stereocenters. The highest BCUT2D eigenvalue weighted by Crippen LogP contribution is 2.21. The number of nitrogens with zero attached hydrogens (tertiary/aromatic N) is 1. The zero-order valence-corrected chi connectivity index (χ0v) is 13.0. The van der Waals surface area contributed by atoms with Crippen LogP contribution in [0.1, 0.15) is 19.8 Å². The number of likely N-dealkylation sites (tertiary alicyclic amines) is 1. The number of hydrogen-bond acceptors (Lipinski definition) is 3. The lowest BCUT2D eigenvalue weighted by Crippen LogP contribution is -2.50. The number of nitrogens with one attached hydrogen (secondary N) is 1. The van der Waals surface area contributed by atoms with Crippen LogP contribution in [-0.4, -0.2) is 47.2 Å². The van der Waals surface area contributed by atoms with Crippen molar-refractivity contribution in [3.8, 4) is 5.75 Å². The van der Waals surface area contributed by atoms with Crippen LogP contribution in [0.25, 0.3) is 0 Å². The van der Waals surface area contributed by atoms with Crippen molar-refractivity contribution in [2.24, 2.45) is 0 Å². The SMILES string of the molecule is C[C@H](NC(=O)O)C(=O)N1CCC(Oc2ccc(Cl)cc2)CC1. The second kappa shape index (κ2) is 7.35. The minimum Gasteiger partial charge on any atom is -0.490 e. The molecule has 2 amide bonds. The highest BCUT2D eigenvalue weighted by Gasteiger charge is 2.27. The Morgan fingerprint density at radius 3 is 2.45 bits per heavy atom. The van der Waals surface area contributed by atoms with E-state index >= 15 is 0 Å². The van der Waals surface area contributed by atoms with Gasteiger partial charge < -0.3 is 20.1 Å². The van der Waals surface area contributed by atoms with Crippen molar-refractivity contribution < 1.29 is 19.4 Å². The van der Waals surface area contributed by atoms with E-state index < -0.39 is 12.1 Å². The van der Waals surface area contributed by atoms with Gasteiger partial charge in [-0.25, -0.2) is 4.79 Å². The van der Waals surface area contributed by atoms with Crippen molar-refractivity contribution >= 4 is 23.6 Å². The summed E-state index contributed by atoms with van der Waals surface area (Å²) in [5.74, 6) is 0.558. The standard InChI is InChI=1S/C15H19ClN2O4/c1-10(17-15(20)21)14(19)18-8-6-13(7-9-18)22-12-4-2-11(16)3-5-12/h2-5,10,13,17H,6-9H2,1H3,(H,20,21)/t10-/m0/s1. The maximum atomic E-state index is 12.1. The van der Waals surface area contributed by atoms with E-state index in [2.05, 4.69) is 5.32 Å². The molecule has 120 valence electrons. The maximum Gasteiger partial charge on any atom is 0.405 e. The van der Waals surface area contributed by atoms with E-state index in [1.807, 2.05) is 12.1 Å². The molecular weight excluding hydrogens is 308 g/mol. The number of halogens is 1. The summed E-state index contributed by atoms with van der Waals surface area (Å²) in [6.45, 7) is 2.66. The number of amides is 2. The zero-order chi connectivity index (χ0) is 16.1. The summed E-state index contributed by atoms with van der Waals surface area (Å²) in [6, 6.07) is 6.45. The number of carboxylic acid groups (broad SMARTS) is 1. The third-order valence-electron chi connectivity index (χ3n) is 3.58. The van der Waals surface area contributed by atoms with Crippen LogP contribution in [0.5, 0.6) is 5.75 Å². The molecule has 0 spiro atoms. The quantitative estimate of drug-likeness (QED) is 0.890. The molecule has 0 saturated carbocycles. The van der Waals surface area contributed by atoms with E-state index in [-0.39, 0.29) is 12.0 Å². The van der Waals surface area contributed by atoms with Gasteiger partial charge in [-0.3, -0.25) is 4.79 Å². The first-order valence-corrected chi connectivity index (χ1v) is 7.54. The maximum absolute atomic E-state index is 12.1. The molecule has 7 heteroatoms. The van der Waals surface area contributed by atoms with Gasteiger partial charge in [0.2, 0.25) is 5.91 Å². The van der Waals surface area contributed by atoms with Gasteiger partial charge in [-0.2, -0.15) is 0 Å². The van der Waals surface area contributed by atoms with Gasteiger partial charge >= 0.3 is 6.09 Å². The van der Waals surface area contributed by atoms with Crippen LogP contribution < -0.4 is 10.1 Å². The summed E-state index contributed by atoms with van der Waals surface area (Å²) in [6.07, 6.45) is 0.289. The summed E-state index contributed by atoms with van der Waals surface area (Å²) >= 11 is 5.83. The Morgan fingerprint density at radius 2 is 1.91 bits per heavy atom. The first kappa shape index (κ1) is 16.4. The highest BCUT2D eigenvalue weighted by atomic mass is 35.5. The summed E-state index contributed by atoms with van der Waals surface area (Å²) in [5.41, 5.74) is 0. The van der Waals surface area contributed by atoms with Gasteiger partial charge in [0, 0.05) is 31.0 Å². The van der Waals surface area contributed by atoms with Crippen molar-refractivity contribution in [1.82, 2.24) is 10.2 Å². The van der Waals surface area contributed by atoms with Gasteiger partial charge in [0.25, 0.3) is 0 Å². The fraction of sp³-hybridized carbons (Fsp3) is 0.467. The first-order chi connectivity index (χ1) is 10.5. The van der Waals surface area contributed by atoms with E-state index in [0.29, 0.717) is 31.0 Å². The fourth-order valence-electron chi connectivity index (χ4n) is 2.42. The van der Waals surface area contributed by atoms with E-state index in [1.54, 1.807) is 24.0 Å². The van der Waals surface area contributed by atoms with Gasteiger partial charge in [-0.1, -0.05) is 11.6 Å². The third-order valence-corrected chi connectivity index (χ3v) is 3.83. The minimum atomic E-state index is -1.19. The number of carbonyl (C=O) groups excluding carboxylic acids is 1. The predicted molar refractivity (Wildman–Crippen MR) is 82.3 cm³/mol. The Kier molecular flexibility index (Phi) is 5.49. The molecular formula is C15H19ClN2O4. The monoisotopic (exact) mass is 326 g/mol. The number of hydrogen-bond donors (Lipinski definition) is 2. The summed E-state index contributed by atoms with van der Waals surface area (Å²) in [4.78, 5) is 24.3. The Balaban J connectivity index is 1.81. The summed E-state index contributed by atoms with van der Waals surface area (Å²) < 4.78 is 5.86. The Labute approximate surface area is 134 Å². The molecule has 2 N–H and O–H groups in total. The fourth-order valence-corrected chi connectivity index (χ4v) is 2.55. The van der Waals surface area contributed by atoms with Gasteiger partial charge in [-0.05, 0) is 31.2 Å². The van der Waals surface area contributed by atoms with Gasteiger partial charge in [0.05, 0.1) is 0 Å². The van der Waals surface area contributed by atoms with Crippen LogP contribution in [0.4, 0.5) is 4.79 Å². The Bertz CT molecular complexity index is 527. The number of piperidine rings is 1. The molecule has 22 heavy (non-hydrogen) atoms. The molecule has 1 aliphatic heterocycles.